The molecule has 2 aromatic rings. The van der Waals surface area contributed by atoms with Crippen LogP contribution in [0.15, 0.2) is 48.8 Å². The van der Waals surface area contributed by atoms with Crippen molar-refractivity contribution in [1.29, 1.82) is 0 Å². The van der Waals surface area contributed by atoms with Crippen LogP contribution in [0.1, 0.15) is 42.4 Å². The van der Waals surface area contributed by atoms with Gasteiger partial charge in [-0.1, -0.05) is 30.3 Å². The molecule has 142 valence electrons. The Kier molecular flexibility index (Phi) is 5.83. The minimum absolute atomic E-state index is 0.335. The monoisotopic (exact) mass is 363 g/mol. The molecule has 4 nitrogen and oxygen atoms in total. The van der Waals surface area contributed by atoms with Gasteiger partial charge in [-0.05, 0) is 67.4 Å². The van der Waals surface area contributed by atoms with Gasteiger partial charge >= 0.3 is 0 Å². The molecule has 0 saturated carbocycles. The van der Waals surface area contributed by atoms with Gasteiger partial charge in [-0.2, -0.15) is 0 Å². The summed E-state index contributed by atoms with van der Waals surface area (Å²) >= 11 is 0. The summed E-state index contributed by atoms with van der Waals surface area (Å²) in [6, 6.07) is 12.7. The van der Waals surface area contributed by atoms with Crippen molar-refractivity contribution in [2.75, 3.05) is 19.6 Å². The fourth-order valence-electron chi connectivity index (χ4n) is 4.38. The molecule has 1 aromatic heterocycles. The number of hydrogen-bond donors (Lipinski definition) is 0. The highest BCUT2D eigenvalue weighted by Gasteiger charge is 2.23. The highest BCUT2D eigenvalue weighted by Crippen LogP contribution is 2.25. The van der Waals surface area contributed by atoms with Crippen molar-refractivity contribution in [2.45, 2.75) is 45.2 Å². The van der Waals surface area contributed by atoms with E-state index in [0.717, 1.165) is 45.6 Å². The fourth-order valence-corrected chi connectivity index (χ4v) is 4.38. The highest BCUT2D eigenvalue weighted by molar-refractivity contribution is 5.76. The maximum atomic E-state index is 12.7. The van der Waals surface area contributed by atoms with Crippen LogP contribution in [0.4, 0.5) is 0 Å². The Bertz CT molecular complexity index is 753. The van der Waals surface area contributed by atoms with Crippen LogP contribution in [-0.4, -0.2) is 40.3 Å². The Balaban J connectivity index is 1.19. The van der Waals surface area contributed by atoms with Gasteiger partial charge < -0.3 is 4.90 Å². The average Bonchev–Trinajstić information content (AvgIpc) is 2.73. The van der Waals surface area contributed by atoms with Crippen molar-refractivity contribution in [3.8, 4) is 0 Å². The van der Waals surface area contributed by atoms with Crippen molar-refractivity contribution < 1.29 is 4.79 Å². The van der Waals surface area contributed by atoms with Gasteiger partial charge in [0.15, 0.2) is 0 Å². The predicted octanol–water partition coefficient (Wildman–Crippen LogP) is 3.66. The van der Waals surface area contributed by atoms with Gasteiger partial charge in [0, 0.05) is 38.4 Å². The second-order valence-electron chi connectivity index (χ2n) is 7.95. The molecule has 0 N–H and O–H groups in total. The summed E-state index contributed by atoms with van der Waals surface area (Å²) in [5.41, 5.74) is 4.01. The molecule has 4 rings (SSSR count). The van der Waals surface area contributed by atoms with Crippen LogP contribution in [-0.2, 0) is 24.3 Å². The standard InChI is InChI=1S/C23H29N3O/c27-23(26-15-11-21-5-1-2-6-22(21)18-26)8-7-19-9-13-25(14-10-19)17-20-4-3-12-24-16-20/h1-6,12,16,19H,7-11,13-15,17-18H2. The van der Waals surface area contributed by atoms with Crippen molar-refractivity contribution in [1.82, 2.24) is 14.8 Å². The third-order valence-electron chi connectivity index (χ3n) is 6.09. The second kappa shape index (κ2) is 8.66. The topological polar surface area (TPSA) is 36.4 Å². The first-order chi connectivity index (χ1) is 13.3. The third kappa shape index (κ3) is 4.75. The molecule has 1 aromatic carbocycles. The summed E-state index contributed by atoms with van der Waals surface area (Å²) in [5, 5.41) is 0. The van der Waals surface area contributed by atoms with E-state index in [1.807, 2.05) is 18.5 Å². The third-order valence-corrected chi connectivity index (χ3v) is 6.09. The number of amides is 1. The molecule has 0 unspecified atom stereocenters. The zero-order chi connectivity index (χ0) is 18.5. The highest BCUT2D eigenvalue weighted by atomic mass is 16.2. The number of likely N-dealkylation sites (tertiary alicyclic amines) is 1. The van der Waals surface area contributed by atoms with E-state index in [4.69, 9.17) is 0 Å². The van der Waals surface area contributed by atoms with E-state index >= 15 is 0 Å². The number of aromatic nitrogens is 1. The average molecular weight is 364 g/mol. The smallest absolute Gasteiger partial charge is 0.222 e. The van der Waals surface area contributed by atoms with Crippen LogP contribution >= 0.6 is 0 Å². The minimum Gasteiger partial charge on any atom is -0.338 e. The molecule has 0 bridgehead atoms. The van der Waals surface area contributed by atoms with Crippen LogP contribution < -0.4 is 0 Å². The lowest BCUT2D eigenvalue weighted by Crippen LogP contribution is -2.37. The molecule has 4 heteroatoms. The van der Waals surface area contributed by atoms with Crippen LogP contribution in [0, 0.1) is 5.92 Å². The van der Waals surface area contributed by atoms with E-state index in [1.54, 1.807) is 0 Å². The molecule has 3 heterocycles. The predicted molar refractivity (Wildman–Crippen MR) is 107 cm³/mol. The SMILES string of the molecule is O=C(CCC1CCN(Cc2cccnc2)CC1)N1CCc2ccccc2C1. The minimum atomic E-state index is 0.335. The van der Waals surface area contributed by atoms with Gasteiger partial charge in [-0.25, -0.2) is 0 Å². The second-order valence-corrected chi connectivity index (χ2v) is 7.95. The summed E-state index contributed by atoms with van der Waals surface area (Å²) in [5.74, 6) is 1.03. The van der Waals surface area contributed by atoms with Crippen LogP contribution in [0.25, 0.3) is 0 Å². The lowest BCUT2D eigenvalue weighted by Gasteiger charge is -2.33. The largest absolute Gasteiger partial charge is 0.338 e. The molecule has 27 heavy (non-hydrogen) atoms. The molecule has 1 amide bonds. The van der Waals surface area contributed by atoms with E-state index < -0.39 is 0 Å². The van der Waals surface area contributed by atoms with Crippen molar-refractivity contribution in [3.05, 3.63) is 65.5 Å². The molecule has 1 saturated heterocycles. The van der Waals surface area contributed by atoms with E-state index in [2.05, 4.69) is 45.1 Å². The molecule has 0 aliphatic carbocycles. The van der Waals surface area contributed by atoms with Gasteiger partial charge in [-0.3, -0.25) is 14.7 Å². The molecule has 0 atom stereocenters. The number of hydrogen-bond acceptors (Lipinski definition) is 3. The lowest BCUT2D eigenvalue weighted by molar-refractivity contribution is -0.132. The van der Waals surface area contributed by atoms with Gasteiger partial charge in [0.2, 0.25) is 5.91 Å². The van der Waals surface area contributed by atoms with E-state index in [1.165, 1.54) is 29.5 Å². The Labute approximate surface area is 162 Å². The summed E-state index contributed by atoms with van der Waals surface area (Å²) in [4.78, 5) is 21.4. The molecule has 1 fully saturated rings. The zero-order valence-electron chi connectivity index (χ0n) is 16.0. The molecular weight excluding hydrogens is 334 g/mol. The Hall–Kier alpha value is -2.20. The van der Waals surface area contributed by atoms with Crippen LogP contribution in [0.3, 0.4) is 0 Å². The number of benzene rings is 1. The summed E-state index contributed by atoms with van der Waals surface area (Å²) in [6.45, 7) is 4.92. The van der Waals surface area contributed by atoms with Gasteiger partial charge in [0.1, 0.15) is 0 Å². The maximum Gasteiger partial charge on any atom is 0.222 e. The first-order valence-electron chi connectivity index (χ1n) is 10.2. The Morgan fingerprint density at radius 3 is 2.63 bits per heavy atom. The van der Waals surface area contributed by atoms with Gasteiger partial charge in [-0.15, -0.1) is 0 Å². The first kappa shape index (κ1) is 18.2. The molecule has 0 radical (unpaired) electrons. The zero-order valence-corrected chi connectivity index (χ0v) is 16.0. The summed E-state index contributed by atoms with van der Waals surface area (Å²) in [7, 11) is 0. The van der Waals surface area contributed by atoms with E-state index in [-0.39, 0.29) is 0 Å². The quantitative estimate of drug-likeness (QED) is 0.813. The number of pyridine rings is 1. The van der Waals surface area contributed by atoms with E-state index in [9.17, 15) is 4.79 Å². The molecule has 2 aliphatic rings. The Morgan fingerprint density at radius 1 is 1.04 bits per heavy atom. The number of fused-ring (bicyclic) bond motifs is 1. The van der Waals surface area contributed by atoms with Crippen molar-refractivity contribution in [2.24, 2.45) is 5.92 Å². The number of rotatable bonds is 5. The molecule has 0 spiro atoms. The van der Waals surface area contributed by atoms with Gasteiger partial charge in [0.05, 0.1) is 0 Å². The summed E-state index contributed by atoms with van der Waals surface area (Å²) < 4.78 is 0. The Morgan fingerprint density at radius 2 is 1.85 bits per heavy atom. The first-order valence-corrected chi connectivity index (χ1v) is 10.2. The van der Waals surface area contributed by atoms with Crippen molar-refractivity contribution in [3.63, 3.8) is 0 Å². The van der Waals surface area contributed by atoms with Crippen LogP contribution in [0.2, 0.25) is 0 Å². The number of carbonyl (C=O) groups excluding carboxylic acids is 1. The summed E-state index contributed by atoms with van der Waals surface area (Å²) in [6.07, 6.45) is 8.93. The van der Waals surface area contributed by atoms with Crippen LogP contribution in [0.5, 0.6) is 0 Å². The van der Waals surface area contributed by atoms with E-state index in [0.29, 0.717) is 18.2 Å². The normalized spacial score (nSPS) is 18.3. The van der Waals surface area contributed by atoms with Crippen molar-refractivity contribution >= 4 is 5.91 Å². The number of carbonyl (C=O) groups is 1. The fraction of sp³-hybridized carbons (Fsp3) is 0.478. The lowest BCUT2D eigenvalue weighted by atomic mass is 9.91. The number of nitrogens with zero attached hydrogens (tertiary/aromatic N) is 3. The molecular formula is C23H29N3O. The van der Waals surface area contributed by atoms with Gasteiger partial charge in [0.25, 0.3) is 0 Å². The maximum absolute atomic E-state index is 12.7. The number of piperidine rings is 1. The molecule has 2 aliphatic heterocycles.